The lowest BCUT2D eigenvalue weighted by Crippen LogP contribution is -2.16. The van der Waals surface area contributed by atoms with E-state index in [0.29, 0.717) is 39.8 Å². The number of sulfonamides is 2. The summed E-state index contributed by atoms with van der Waals surface area (Å²) in [6, 6.07) is 14.1. The molecule has 1 aliphatic rings. The number of anilines is 1. The molecule has 5 rings (SSSR count). The third-order valence-corrected chi connectivity index (χ3v) is 8.91. The van der Waals surface area contributed by atoms with Gasteiger partial charge in [0.05, 0.1) is 16.3 Å². The van der Waals surface area contributed by atoms with Crippen molar-refractivity contribution in [2.75, 3.05) is 4.72 Å². The van der Waals surface area contributed by atoms with Crippen molar-refractivity contribution >= 4 is 47.6 Å². The molecule has 0 saturated heterocycles. The number of nitrogens with zero attached hydrogens (tertiary/aromatic N) is 2. The number of aromatic nitrogens is 2. The van der Waals surface area contributed by atoms with Crippen molar-refractivity contribution in [1.29, 1.82) is 0 Å². The van der Waals surface area contributed by atoms with Gasteiger partial charge >= 0.3 is 0 Å². The third kappa shape index (κ3) is 4.71. The maximum absolute atomic E-state index is 14.4. The molecule has 0 saturated carbocycles. The number of nitrogens with two attached hydrogens (primary N) is 2. The van der Waals surface area contributed by atoms with Crippen LogP contribution in [0.25, 0.3) is 16.9 Å². The van der Waals surface area contributed by atoms with Gasteiger partial charge in [0.25, 0.3) is 15.9 Å². The van der Waals surface area contributed by atoms with Gasteiger partial charge in [0, 0.05) is 21.3 Å². The van der Waals surface area contributed by atoms with Gasteiger partial charge in [0.2, 0.25) is 10.0 Å². The highest BCUT2D eigenvalue weighted by molar-refractivity contribution is 9.10. The molecule has 1 aliphatic carbocycles. The van der Waals surface area contributed by atoms with E-state index in [1.165, 1.54) is 35.0 Å². The molecule has 0 fully saturated rings. The van der Waals surface area contributed by atoms with Crippen molar-refractivity contribution in [2.24, 2.45) is 10.9 Å². The number of amides is 1. The number of primary sulfonamides is 1. The number of hydrogen-bond acceptors (Lipinski definition) is 6. The summed E-state index contributed by atoms with van der Waals surface area (Å²) < 4.78 is 67.9. The third-order valence-electron chi connectivity index (χ3n) is 6.07. The molecule has 0 radical (unpaired) electrons. The van der Waals surface area contributed by atoms with Crippen molar-refractivity contribution in [1.82, 2.24) is 9.78 Å². The first-order chi connectivity index (χ1) is 17.8. The minimum atomic E-state index is -4.27. The minimum absolute atomic E-state index is 0.0455. The SMILES string of the molecule is NC(=O)c1nn(-c2ccc(S(N)(=O)=O)cc2)c2c1CCc1ccc(NS(=O)(=O)c3ccc(Br)cc3F)cc1-2. The Bertz CT molecular complexity index is 1840. The van der Waals surface area contributed by atoms with Crippen molar-refractivity contribution < 1.29 is 26.0 Å². The lowest BCUT2D eigenvalue weighted by atomic mass is 9.88. The molecule has 1 aromatic heterocycles. The van der Waals surface area contributed by atoms with Crippen LogP contribution in [0.5, 0.6) is 0 Å². The Morgan fingerprint density at radius 3 is 2.34 bits per heavy atom. The summed E-state index contributed by atoms with van der Waals surface area (Å²) >= 11 is 3.11. The molecule has 38 heavy (non-hydrogen) atoms. The van der Waals surface area contributed by atoms with Crippen LogP contribution < -0.4 is 15.6 Å². The van der Waals surface area contributed by atoms with Crippen molar-refractivity contribution in [2.45, 2.75) is 22.6 Å². The van der Waals surface area contributed by atoms with E-state index in [1.54, 1.807) is 18.2 Å². The topological polar surface area (TPSA) is 167 Å². The second-order valence-corrected chi connectivity index (χ2v) is 12.7. The van der Waals surface area contributed by atoms with Crippen LogP contribution in [0.3, 0.4) is 0 Å². The molecule has 10 nitrogen and oxygen atoms in total. The Kier molecular flexibility index (Phi) is 6.38. The van der Waals surface area contributed by atoms with Gasteiger partial charge in [-0.25, -0.2) is 31.0 Å². The van der Waals surface area contributed by atoms with E-state index in [-0.39, 0.29) is 16.3 Å². The number of fused-ring (bicyclic) bond motifs is 3. The zero-order valence-electron chi connectivity index (χ0n) is 19.4. The first-order valence-electron chi connectivity index (χ1n) is 11.0. The van der Waals surface area contributed by atoms with E-state index in [2.05, 4.69) is 25.8 Å². The minimum Gasteiger partial charge on any atom is -0.364 e. The van der Waals surface area contributed by atoms with Gasteiger partial charge in [-0.05, 0) is 73.0 Å². The fourth-order valence-corrected chi connectivity index (χ4v) is 6.33. The predicted octanol–water partition coefficient (Wildman–Crippen LogP) is 3.09. The first-order valence-corrected chi connectivity index (χ1v) is 14.8. The highest BCUT2D eigenvalue weighted by Crippen LogP contribution is 2.39. The summed E-state index contributed by atoms with van der Waals surface area (Å²) in [5.74, 6) is -1.66. The standard InChI is InChI=1S/C24H19BrFN5O5S2/c25-14-3-10-21(20(26)11-14)38(35,36)30-15-4-1-13-2-9-18-22(24(27)32)29-31(23(18)19(13)12-15)16-5-7-17(8-6-16)37(28,33)34/h1,3-8,10-12,30H,2,9H2,(H2,27,32)(H2,28,33,34). The molecule has 196 valence electrons. The Morgan fingerprint density at radius 1 is 1.00 bits per heavy atom. The number of aryl methyl sites for hydroxylation is 1. The Morgan fingerprint density at radius 2 is 1.71 bits per heavy atom. The second kappa shape index (κ2) is 9.31. The molecule has 1 amide bonds. The molecule has 4 aromatic rings. The number of benzene rings is 3. The zero-order chi connectivity index (χ0) is 27.4. The van der Waals surface area contributed by atoms with Crippen molar-refractivity contribution in [3.8, 4) is 16.9 Å². The van der Waals surface area contributed by atoms with Gasteiger partial charge in [-0.3, -0.25) is 9.52 Å². The molecular weight excluding hydrogens is 601 g/mol. The maximum Gasteiger partial charge on any atom is 0.269 e. The Labute approximate surface area is 225 Å². The molecule has 14 heteroatoms. The molecule has 0 unspecified atom stereocenters. The molecule has 3 aromatic carbocycles. The number of hydrogen-bond donors (Lipinski definition) is 3. The van der Waals surface area contributed by atoms with Crippen LogP contribution in [0.15, 0.2) is 74.9 Å². The van der Waals surface area contributed by atoms with Gasteiger partial charge in [-0.2, -0.15) is 5.10 Å². The number of primary amides is 1. The highest BCUT2D eigenvalue weighted by Gasteiger charge is 2.29. The van der Waals surface area contributed by atoms with Crippen LogP contribution in [0.1, 0.15) is 21.6 Å². The second-order valence-electron chi connectivity index (χ2n) is 8.54. The quantitative estimate of drug-likeness (QED) is 0.300. The summed E-state index contributed by atoms with van der Waals surface area (Å²) in [6.07, 6.45) is 0.984. The Hall–Kier alpha value is -3.59. The largest absolute Gasteiger partial charge is 0.364 e. The number of rotatable bonds is 6. The number of carbonyl (C=O) groups is 1. The van der Waals surface area contributed by atoms with Crippen LogP contribution in [-0.2, 0) is 32.9 Å². The molecule has 0 atom stereocenters. The average molecular weight is 620 g/mol. The van der Waals surface area contributed by atoms with E-state index >= 15 is 0 Å². The molecule has 0 bridgehead atoms. The van der Waals surface area contributed by atoms with E-state index in [4.69, 9.17) is 10.9 Å². The van der Waals surface area contributed by atoms with Gasteiger partial charge in [0.15, 0.2) is 5.69 Å². The summed E-state index contributed by atoms with van der Waals surface area (Å²) in [5.41, 5.74) is 8.73. The number of nitrogens with one attached hydrogen (secondary N) is 1. The van der Waals surface area contributed by atoms with Crippen LogP contribution in [0.2, 0.25) is 0 Å². The van der Waals surface area contributed by atoms with E-state index in [0.717, 1.165) is 17.7 Å². The van der Waals surface area contributed by atoms with Crippen LogP contribution in [0.4, 0.5) is 10.1 Å². The average Bonchev–Trinajstić information content (AvgIpc) is 3.24. The number of carbonyl (C=O) groups excluding carboxylic acids is 1. The maximum atomic E-state index is 14.4. The van der Waals surface area contributed by atoms with Gasteiger partial charge < -0.3 is 5.73 Å². The van der Waals surface area contributed by atoms with Crippen LogP contribution in [-0.4, -0.2) is 32.5 Å². The predicted molar refractivity (Wildman–Crippen MR) is 141 cm³/mol. The van der Waals surface area contributed by atoms with E-state index in [9.17, 15) is 26.0 Å². The van der Waals surface area contributed by atoms with Crippen LogP contribution in [0, 0.1) is 5.82 Å². The lowest BCUT2D eigenvalue weighted by molar-refractivity contribution is 0.0994. The number of halogens is 2. The van der Waals surface area contributed by atoms with Crippen LogP contribution >= 0.6 is 15.9 Å². The van der Waals surface area contributed by atoms with Gasteiger partial charge in [-0.1, -0.05) is 22.0 Å². The molecule has 0 spiro atoms. The summed E-state index contributed by atoms with van der Waals surface area (Å²) in [7, 11) is -8.19. The normalized spacial score (nSPS) is 13.0. The zero-order valence-corrected chi connectivity index (χ0v) is 22.6. The smallest absolute Gasteiger partial charge is 0.269 e. The molecule has 5 N–H and O–H groups in total. The summed E-state index contributed by atoms with van der Waals surface area (Å²) in [5, 5.41) is 9.59. The van der Waals surface area contributed by atoms with Crippen molar-refractivity contribution in [3.63, 3.8) is 0 Å². The summed E-state index contributed by atoms with van der Waals surface area (Å²) in [6.45, 7) is 0. The van der Waals surface area contributed by atoms with E-state index in [1.807, 2.05) is 0 Å². The van der Waals surface area contributed by atoms with E-state index < -0.39 is 36.7 Å². The molecule has 1 heterocycles. The molecule has 0 aliphatic heterocycles. The molecular formula is C24H19BrFN5O5S2. The lowest BCUT2D eigenvalue weighted by Gasteiger charge is -2.20. The monoisotopic (exact) mass is 619 g/mol. The van der Waals surface area contributed by atoms with Crippen molar-refractivity contribution in [3.05, 3.63) is 87.8 Å². The fourth-order valence-electron chi connectivity index (χ4n) is 4.37. The first kappa shape index (κ1) is 26.0. The van der Waals surface area contributed by atoms with Gasteiger partial charge in [-0.15, -0.1) is 0 Å². The highest BCUT2D eigenvalue weighted by atomic mass is 79.9. The Balaban J connectivity index is 1.62. The summed E-state index contributed by atoms with van der Waals surface area (Å²) in [4.78, 5) is 11.6. The fraction of sp³-hybridized carbons (Fsp3) is 0.0833. The van der Waals surface area contributed by atoms with Gasteiger partial charge in [0.1, 0.15) is 10.7 Å².